The number of benzene rings is 2. The van der Waals surface area contributed by atoms with E-state index in [-0.39, 0.29) is 16.8 Å². The Labute approximate surface area is 164 Å². The second-order valence-electron chi connectivity index (χ2n) is 7.02. The van der Waals surface area contributed by atoms with E-state index in [1.165, 1.54) is 16.4 Å². The summed E-state index contributed by atoms with van der Waals surface area (Å²) < 4.78 is 32.4. The van der Waals surface area contributed by atoms with Crippen LogP contribution in [0.2, 0.25) is 0 Å². The monoisotopic (exact) mass is 398 g/mol. The van der Waals surface area contributed by atoms with Gasteiger partial charge in [0.15, 0.2) is 0 Å². The first-order valence-corrected chi connectivity index (χ1v) is 10.8. The maximum Gasteiger partial charge on any atom is 0.251 e. The predicted octanol–water partition coefficient (Wildman–Crippen LogP) is 3.71. The molecule has 0 bridgehead atoms. The number of amides is 1. The van der Waals surface area contributed by atoms with Crippen molar-refractivity contribution in [2.45, 2.75) is 30.7 Å². The number of nitrogens with one attached hydrogen (secondary N) is 1. The van der Waals surface area contributed by atoms with Crippen molar-refractivity contribution in [3.63, 3.8) is 0 Å². The summed E-state index contributed by atoms with van der Waals surface area (Å²) in [5.41, 5.74) is 1.18. The van der Waals surface area contributed by atoms with Crippen molar-refractivity contribution in [3.8, 4) is 0 Å². The van der Waals surface area contributed by atoms with Gasteiger partial charge in [0.05, 0.1) is 10.9 Å². The SMILES string of the molecule is C[C@@H](NC(=O)c1ccc(S(=O)(=O)N2CCCC2)cc1)c1cc2ccccc2o1. The molecule has 3 aromatic rings. The van der Waals surface area contributed by atoms with E-state index in [2.05, 4.69) is 5.32 Å². The fourth-order valence-electron chi connectivity index (χ4n) is 3.42. The molecule has 1 atom stereocenters. The highest BCUT2D eigenvalue weighted by atomic mass is 32.2. The molecule has 1 aliphatic rings. The van der Waals surface area contributed by atoms with Gasteiger partial charge in [-0.15, -0.1) is 0 Å². The minimum Gasteiger partial charge on any atom is -0.459 e. The minimum absolute atomic E-state index is 0.219. The molecule has 2 aromatic carbocycles. The van der Waals surface area contributed by atoms with Gasteiger partial charge in [-0.3, -0.25) is 4.79 Å². The van der Waals surface area contributed by atoms with Crippen molar-refractivity contribution < 1.29 is 17.6 Å². The number of rotatable bonds is 5. The van der Waals surface area contributed by atoms with Gasteiger partial charge in [-0.2, -0.15) is 4.31 Å². The van der Waals surface area contributed by atoms with Gasteiger partial charge in [0.2, 0.25) is 10.0 Å². The maximum absolute atomic E-state index is 12.6. The van der Waals surface area contributed by atoms with Crippen LogP contribution in [-0.4, -0.2) is 31.7 Å². The zero-order valence-corrected chi connectivity index (χ0v) is 16.4. The van der Waals surface area contributed by atoms with Crippen LogP contribution < -0.4 is 5.32 Å². The first-order valence-electron chi connectivity index (χ1n) is 9.35. The second-order valence-corrected chi connectivity index (χ2v) is 8.96. The fourth-order valence-corrected chi connectivity index (χ4v) is 4.94. The predicted molar refractivity (Wildman–Crippen MR) is 107 cm³/mol. The van der Waals surface area contributed by atoms with Crippen molar-refractivity contribution >= 4 is 26.9 Å². The number of hydrogen-bond donors (Lipinski definition) is 1. The van der Waals surface area contributed by atoms with Crippen LogP contribution in [0.4, 0.5) is 0 Å². The van der Waals surface area contributed by atoms with Gasteiger partial charge in [-0.1, -0.05) is 18.2 Å². The zero-order valence-electron chi connectivity index (χ0n) is 15.6. The number of para-hydroxylation sites is 1. The molecule has 1 aromatic heterocycles. The standard InChI is InChI=1S/C21H22N2O4S/c1-15(20-14-17-6-2-3-7-19(17)27-20)22-21(24)16-8-10-18(11-9-16)28(25,26)23-12-4-5-13-23/h2-3,6-11,14-15H,4-5,12-13H2,1H3,(H,22,24)/t15-/m1/s1. The molecule has 1 saturated heterocycles. The van der Waals surface area contributed by atoms with E-state index in [1.54, 1.807) is 12.1 Å². The van der Waals surface area contributed by atoms with E-state index in [9.17, 15) is 13.2 Å². The van der Waals surface area contributed by atoms with Gasteiger partial charge in [0.25, 0.3) is 5.91 Å². The third kappa shape index (κ3) is 3.55. The smallest absolute Gasteiger partial charge is 0.251 e. The molecule has 4 rings (SSSR count). The molecule has 0 spiro atoms. The summed E-state index contributed by atoms with van der Waals surface area (Å²) in [6.45, 7) is 2.96. The summed E-state index contributed by atoms with van der Waals surface area (Å²) in [5.74, 6) is 0.390. The lowest BCUT2D eigenvalue weighted by atomic mass is 10.1. The first kappa shape index (κ1) is 18.7. The average molecular weight is 398 g/mol. The van der Waals surface area contributed by atoms with Crippen LogP contribution in [0.1, 0.15) is 41.9 Å². The molecule has 0 aliphatic carbocycles. The van der Waals surface area contributed by atoms with Crippen molar-refractivity contribution in [2.24, 2.45) is 0 Å². The van der Waals surface area contributed by atoms with Crippen LogP contribution >= 0.6 is 0 Å². The van der Waals surface area contributed by atoms with Gasteiger partial charge in [0, 0.05) is 24.0 Å². The molecular formula is C21H22N2O4S. The number of carbonyl (C=O) groups excluding carboxylic acids is 1. The number of furan rings is 1. The molecule has 1 fully saturated rings. The van der Waals surface area contributed by atoms with Crippen LogP contribution in [0.3, 0.4) is 0 Å². The van der Waals surface area contributed by atoms with Gasteiger partial charge < -0.3 is 9.73 Å². The number of hydrogen-bond acceptors (Lipinski definition) is 4. The summed E-state index contributed by atoms with van der Waals surface area (Å²) in [5, 5.41) is 3.88. The Morgan fingerprint density at radius 3 is 2.43 bits per heavy atom. The van der Waals surface area contributed by atoms with E-state index in [4.69, 9.17) is 4.42 Å². The van der Waals surface area contributed by atoms with E-state index in [1.807, 2.05) is 37.3 Å². The number of sulfonamides is 1. The molecule has 0 unspecified atom stereocenters. The van der Waals surface area contributed by atoms with E-state index in [0.29, 0.717) is 24.4 Å². The maximum atomic E-state index is 12.6. The number of nitrogens with zero attached hydrogens (tertiary/aromatic N) is 1. The Hall–Kier alpha value is -2.64. The highest BCUT2D eigenvalue weighted by Crippen LogP contribution is 2.24. The summed E-state index contributed by atoms with van der Waals surface area (Å²) in [6.07, 6.45) is 1.78. The van der Waals surface area contributed by atoms with E-state index >= 15 is 0 Å². The Balaban J connectivity index is 1.47. The van der Waals surface area contributed by atoms with Crippen LogP contribution in [-0.2, 0) is 10.0 Å². The Bertz CT molecular complexity index is 1060. The van der Waals surface area contributed by atoms with Crippen LogP contribution in [0.25, 0.3) is 11.0 Å². The molecule has 2 heterocycles. The normalized spacial score (nSPS) is 16.3. The lowest BCUT2D eigenvalue weighted by Gasteiger charge is -2.16. The lowest BCUT2D eigenvalue weighted by Crippen LogP contribution is -2.28. The minimum atomic E-state index is -3.48. The molecule has 7 heteroatoms. The molecule has 1 N–H and O–H groups in total. The quantitative estimate of drug-likeness (QED) is 0.711. The van der Waals surface area contributed by atoms with Gasteiger partial charge >= 0.3 is 0 Å². The van der Waals surface area contributed by atoms with Crippen molar-refractivity contribution in [1.29, 1.82) is 0 Å². The number of carbonyl (C=O) groups is 1. The van der Waals surface area contributed by atoms with Crippen LogP contribution in [0.5, 0.6) is 0 Å². The van der Waals surface area contributed by atoms with Crippen LogP contribution in [0.15, 0.2) is 63.9 Å². The Morgan fingerprint density at radius 2 is 1.75 bits per heavy atom. The molecule has 28 heavy (non-hydrogen) atoms. The average Bonchev–Trinajstić information content (AvgIpc) is 3.38. The lowest BCUT2D eigenvalue weighted by molar-refractivity contribution is 0.0935. The van der Waals surface area contributed by atoms with E-state index in [0.717, 1.165) is 23.8 Å². The highest BCUT2D eigenvalue weighted by Gasteiger charge is 2.27. The topological polar surface area (TPSA) is 79.6 Å². The van der Waals surface area contributed by atoms with Crippen molar-refractivity contribution in [1.82, 2.24) is 9.62 Å². The van der Waals surface area contributed by atoms with Crippen LogP contribution in [0, 0.1) is 0 Å². The van der Waals surface area contributed by atoms with Gasteiger partial charge in [0.1, 0.15) is 11.3 Å². The molecule has 0 radical (unpaired) electrons. The van der Waals surface area contributed by atoms with Gasteiger partial charge in [-0.25, -0.2) is 8.42 Å². The summed E-state index contributed by atoms with van der Waals surface area (Å²) in [4.78, 5) is 12.8. The molecule has 146 valence electrons. The van der Waals surface area contributed by atoms with Crippen molar-refractivity contribution in [2.75, 3.05) is 13.1 Å². The Kier molecular flexibility index (Phi) is 4.95. The molecule has 6 nitrogen and oxygen atoms in total. The second kappa shape index (κ2) is 7.41. The molecule has 1 aliphatic heterocycles. The molecule has 1 amide bonds. The number of fused-ring (bicyclic) bond motifs is 1. The first-order chi connectivity index (χ1) is 13.4. The third-order valence-electron chi connectivity index (χ3n) is 5.04. The molecular weight excluding hydrogens is 376 g/mol. The fraction of sp³-hybridized carbons (Fsp3) is 0.286. The third-order valence-corrected chi connectivity index (χ3v) is 6.95. The largest absolute Gasteiger partial charge is 0.459 e. The molecule has 0 saturated carbocycles. The summed E-state index contributed by atoms with van der Waals surface area (Å²) >= 11 is 0. The van der Waals surface area contributed by atoms with Gasteiger partial charge in [-0.05, 0) is 56.2 Å². The summed E-state index contributed by atoms with van der Waals surface area (Å²) in [6, 6.07) is 15.3. The van der Waals surface area contributed by atoms with Crippen molar-refractivity contribution in [3.05, 3.63) is 65.9 Å². The zero-order chi connectivity index (χ0) is 19.7. The van der Waals surface area contributed by atoms with E-state index < -0.39 is 10.0 Å². The highest BCUT2D eigenvalue weighted by molar-refractivity contribution is 7.89. The Morgan fingerprint density at radius 1 is 1.07 bits per heavy atom. The summed E-state index contributed by atoms with van der Waals surface area (Å²) in [7, 11) is -3.48.